The second kappa shape index (κ2) is 6.36. The van der Waals surface area contributed by atoms with Crippen LogP contribution < -0.4 is 5.73 Å². The molecule has 0 saturated carbocycles. The van der Waals surface area contributed by atoms with Crippen molar-refractivity contribution in [1.29, 1.82) is 0 Å². The summed E-state index contributed by atoms with van der Waals surface area (Å²) in [5, 5.41) is 0. The molecule has 1 atom stereocenters. The van der Waals surface area contributed by atoms with E-state index in [1.807, 2.05) is 11.3 Å². The minimum Gasteiger partial charge on any atom is -0.321 e. The lowest BCUT2D eigenvalue weighted by atomic mass is 9.83. The van der Waals surface area contributed by atoms with E-state index in [1.165, 1.54) is 15.3 Å². The molecule has 0 aliphatic carbocycles. The van der Waals surface area contributed by atoms with Crippen molar-refractivity contribution >= 4 is 11.3 Å². The molecule has 0 fully saturated rings. The standard InChI is InChI=1S/C17H23NS/c1-3-12-17(18,14-8-6-5-7-9-14)13-16-11-10-15(4-2)19-16/h5-11H,3-4,12-13,18H2,1-2H3. The summed E-state index contributed by atoms with van der Waals surface area (Å²) in [5.41, 5.74) is 7.74. The number of aryl methyl sites for hydroxylation is 1. The Morgan fingerprint density at radius 2 is 1.68 bits per heavy atom. The molecule has 1 heterocycles. The molecule has 2 rings (SSSR count). The van der Waals surface area contributed by atoms with Crippen LogP contribution in [-0.4, -0.2) is 0 Å². The third-order valence-electron chi connectivity index (χ3n) is 3.60. The molecule has 0 aliphatic heterocycles. The molecule has 2 N–H and O–H groups in total. The second-order valence-corrected chi connectivity index (χ2v) is 6.42. The maximum Gasteiger partial charge on any atom is 0.0458 e. The van der Waals surface area contributed by atoms with E-state index < -0.39 is 0 Å². The first-order chi connectivity index (χ1) is 9.18. The van der Waals surface area contributed by atoms with Gasteiger partial charge in [-0.25, -0.2) is 0 Å². The van der Waals surface area contributed by atoms with Crippen molar-refractivity contribution in [3.05, 3.63) is 57.8 Å². The molecule has 19 heavy (non-hydrogen) atoms. The lowest BCUT2D eigenvalue weighted by Gasteiger charge is -2.29. The van der Waals surface area contributed by atoms with E-state index >= 15 is 0 Å². The first-order valence-electron chi connectivity index (χ1n) is 7.10. The molecule has 1 unspecified atom stereocenters. The van der Waals surface area contributed by atoms with Gasteiger partial charge < -0.3 is 5.73 Å². The van der Waals surface area contributed by atoms with E-state index in [0.717, 1.165) is 25.7 Å². The van der Waals surface area contributed by atoms with E-state index in [4.69, 9.17) is 5.73 Å². The van der Waals surface area contributed by atoms with Gasteiger partial charge in [0.25, 0.3) is 0 Å². The zero-order valence-corrected chi connectivity index (χ0v) is 12.7. The number of thiophene rings is 1. The van der Waals surface area contributed by atoms with Crippen LogP contribution in [0.4, 0.5) is 0 Å². The Morgan fingerprint density at radius 1 is 1.00 bits per heavy atom. The van der Waals surface area contributed by atoms with Crippen LogP contribution in [0.2, 0.25) is 0 Å². The highest BCUT2D eigenvalue weighted by Crippen LogP contribution is 2.30. The average molecular weight is 273 g/mol. The molecular weight excluding hydrogens is 250 g/mol. The molecule has 1 aromatic carbocycles. The zero-order chi connectivity index (χ0) is 13.7. The lowest BCUT2D eigenvalue weighted by Crippen LogP contribution is -2.38. The number of nitrogens with two attached hydrogens (primary N) is 1. The van der Waals surface area contributed by atoms with Gasteiger partial charge in [0.15, 0.2) is 0 Å². The van der Waals surface area contributed by atoms with Crippen LogP contribution in [0.1, 0.15) is 42.0 Å². The Balaban J connectivity index is 2.24. The number of hydrogen-bond acceptors (Lipinski definition) is 2. The molecule has 0 amide bonds. The highest BCUT2D eigenvalue weighted by Gasteiger charge is 2.27. The Bertz CT molecular complexity index is 503. The monoisotopic (exact) mass is 273 g/mol. The third-order valence-corrected chi connectivity index (χ3v) is 4.83. The molecule has 0 aliphatic rings. The number of hydrogen-bond donors (Lipinski definition) is 1. The maximum atomic E-state index is 6.72. The van der Waals surface area contributed by atoms with E-state index in [9.17, 15) is 0 Å². The fourth-order valence-electron chi connectivity index (χ4n) is 2.57. The average Bonchev–Trinajstić information content (AvgIpc) is 2.87. The first-order valence-corrected chi connectivity index (χ1v) is 7.91. The van der Waals surface area contributed by atoms with Gasteiger partial charge in [-0.15, -0.1) is 11.3 Å². The third kappa shape index (κ3) is 3.46. The Labute approximate surface area is 120 Å². The molecule has 0 saturated heterocycles. The Kier molecular flexibility index (Phi) is 4.78. The summed E-state index contributed by atoms with van der Waals surface area (Å²) in [6.07, 6.45) is 4.19. The van der Waals surface area contributed by atoms with Gasteiger partial charge in [-0.1, -0.05) is 50.6 Å². The van der Waals surface area contributed by atoms with Gasteiger partial charge >= 0.3 is 0 Å². The van der Waals surface area contributed by atoms with Crippen molar-refractivity contribution in [2.45, 2.75) is 45.1 Å². The molecule has 2 heteroatoms. The summed E-state index contributed by atoms with van der Waals surface area (Å²) in [6, 6.07) is 15.0. The van der Waals surface area contributed by atoms with Gasteiger partial charge in [-0.3, -0.25) is 0 Å². The molecule has 0 radical (unpaired) electrons. The van der Waals surface area contributed by atoms with Crippen LogP contribution in [0.25, 0.3) is 0 Å². The maximum absolute atomic E-state index is 6.72. The van der Waals surface area contributed by atoms with Crippen molar-refractivity contribution in [3.63, 3.8) is 0 Å². The SMILES string of the molecule is CCCC(N)(Cc1ccc(CC)s1)c1ccccc1. The number of benzene rings is 1. The normalized spacial score (nSPS) is 14.3. The molecule has 0 bridgehead atoms. The summed E-state index contributed by atoms with van der Waals surface area (Å²) in [5.74, 6) is 0. The van der Waals surface area contributed by atoms with Gasteiger partial charge in [0, 0.05) is 21.7 Å². The van der Waals surface area contributed by atoms with Gasteiger partial charge in [-0.05, 0) is 30.5 Å². The minimum atomic E-state index is -0.230. The summed E-state index contributed by atoms with van der Waals surface area (Å²) in [7, 11) is 0. The topological polar surface area (TPSA) is 26.0 Å². The van der Waals surface area contributed by atoms with E-state index in [1.54, 1.807) is 0 Å². The largest absolute Gasteiger partial charge is 0.321 e. The van der Waals surface area contributed by atoms with Gasteiger partial charge in [0.2, 0.25) is 0 Å². The second-order valence-electron chi connectivity index (χ2n) is 5.17. The van der Waals surface area contributed by atoms with Crippen LogP contribution in [-0.2, 0) is 18.4 Å². The van der Waals surface area contributed by atoms with Crippen LogP contribution >= 0.6 is 11.3 Å². The van der Waals surface area contributed by atoms with Crippen molar-refractivity contribution in [3.8, 4) is 0 Å². The fraction of sp³-hybridized carbons (Fsp3) is 0.412. The van der Waals surface area contributed by atoms with Gasteiger partial charge in [-0.2, -0.15) is 0 Å². The minimum absolute atomic E-state index is 0.230. The highest BCUT2D eigenvalue weighted by molar-refractivity contribution is 7.12. The van der Waals surface area contributed by atoms with Crippen LogP contribution in [0.5, 0.6) is 0 Å². The van der Waals surface area contributed by atoms with Crippen molar-refractivity contribution in [2.75, 3.05) is 0 Å². The Morgan fingerprint density at radius 3 is 2.26 bits per heavy atom. The van der Waals surface area contributed by atoms with E-state index in [0.29, 0.717) is 0 Å². The van der Waals surface area contributed by atoms with Crippen LogP contribution in [0, 0.1) is 0 Å². The summed E-state index contributed by atoms with van der Waals surface area (Å²) in [4.78, 5) is 2.85. The quantitative estimate of drug-likeness (QED) is 0.823. The molecule has 1 nitrogen and oxygen atoms in total. The van der Waals surface area contributed by atoms with E-state index in [2.05, 4.69) is 56.3 Å². The summed E-state index contributed by atoms with van der Waals surface area (Å²) < 4.78 is 0. The van der Waals surface area contributed by atoms with E-state index in [-0.39, 0.29) is 5.54 Å². The molecule has 2 aromatic rings. The molecule has 1 aromatic heterocycles. The summed E-state index contributed by atoms with van der Waals surface area (Å²) in [6.45, 7) is 4.41. The molecular formula is C17H23NS. The highest BCUT2D eigenvalue weighted by atomic mass is 32.1. The lowest BCUT2D eigenvalue weighted by molar-refractivity contribution is 0.403. The van der Waals surface area contributed by atoms with Crippen LogP contribution in [0.15, 0.2) is 42.5 Å². The predicted octanol–water partition coefficient (Wildman–Crippen LogP) is 4.51. The number of rotatable bonds is 6. The smallest absolute Gasteiger partial charge is 0.0458 e. The van der Waals surface area contributed by atoms with Gasteiger partial charge in [0.1, 0.15) is 0 Å². The molecule has 102 valence electrons. The predicted molar refractivity (Wildman–Crippen MR) is 84.6 cm³/mol. The first kappa shape index (κ1) is 14.3. The van der Waals surface area contributed by atoms with Crippen LogP contribution in [0.3, 0.4) is 0 Å². The zero-order valence-electron chi connectivity index (χ0n) is 11.9. The fourth-order valence-corrected chi connectivity index (χ4v) is 3.65. The van der Waals surface area contributed by atoms with Crippen molar-refractivity contribution in [1.82, 2.24) is 0 Å². The molecule has 0 spiro atoms. The van der Waals surface area contributed by atoms with Crippen molar-refractivity contribution in [2.24, 2.45) is 5.73 Å². The van der Waals surface area contributed by atoms with Crippen molar-refractivity contribution < 1.29 is 0 Å². The van der Waals surface area contributed by atoms with Gasteiger partial charge in [0.05, 0.1) is 0 Å². The summed E-state index contributed by atoms with van der Waals surface area (Å²) >= 11 is 1.90. The Hall–Kier alpha value is -1.12.